The highest BCUT2D eigenvalue weighted by Gasteiger charge is 2.51. The largest absolute Gasteiger partial charge is 0.435 e. The Balaban J connectivity index is 2.51. The van der Waals surface area contributed by atoms with Crippen molar-refractivity contribution in [2.24, 2.45) is 0 Å². The molecule has 0 atom stereocenters. The fraction of sp³-hybridized carbons (Fsp3) is 0.750. The lowest BCUT2D eigenvalue weighted by Crippen LogP contribution is -2.33. The smallest absolute Gasteiger partial charge is 0.410 e. The third kappa shape index (κ3) is 1.57. The molecule has 0 N–H and O–H groups in total. The molecule has 0 saturated heterocycles. The molecule has 1 amide bonds. The molecule has 0 aromatic rings. The Kier molecular flexibility index (Phi) is 2.08. The van der Waals surface area contributed by atoms with Crippen molar-refractivity contribution >= 4 is 11.9 Å². The van der Waals surface area contributed by atoms with Gasteiger partial charge in [0.2, 0.25) is 0 Å². The molecule has 12 heavy (non-hydrogen) atoms. The zero-order valence-electron chi connectivity index (χ0n) is 7.59. The van der Waals surface area contributed by atoms with E-state index < -0.39 is 11.7 Å². The van der Waals surface area contributed by atoms with Crippen molar-refractivity contribution in [2.45, 2.75) is 25.4 Å². The molecule has 1 saturated carbocycles. The average Bonchev–Trinajstić information content (AvgIpc) is 2.68. The summed E-state index contributed by atoms with van der Waals surface area (Å²) in [6, 6.07) is 0. The molecule has 0 spiro atoms. The van der Waals surface area contributed by atoms with Crippen molar-refractivity contribution in [3.63, 3.8) is 0 Å². The predicted octanol–water partition coefficient (Wildman–Crippen LogP) is 0.806. The summed E-state index contributed by atoms with van der Waals surface area (Å²) in [5.74, 6) is -0.0577. The van der Waals surface area contributed by atoms with Gasteiger partial charge in [-0.1, -0.05) is 0 Å². The van der Waals surface area contributed by atoms with Crippen LogP contribution in [0, 0.1) is 0 Å². The molecule has 1 rings (SSSR count). The van der Waals surface area contributed by atoms with E-state index in [1.165, 1.54) is 11.8 Å². The molecule has 0 bridgehead atoms. The number of Topliss-reactive ketones (excluding diaryl/α,β-unsaturated/α-hetero) is 1. The Morgan fingerprint density at radius 3 is 2.08 bits per heavy atom. The third-order valence-corrected chi connectivity index (χ3v) is 1.99. The number of amides is 1. The number of rotatable bonds is 2. The van der Waals surface area contributed by atoms with Crippen molar-refractivity contribution in [2.75, 3.05) is 14.1 Å². The van der Waals surface area contributed by atoms with E-state index in [9.17, 15) is 9.59 Å². The van der Waals surface area contributed by atoms with Gasteiger partial charge >= 0.3 is 6.09 Å². The van der Waals surface area contributed by atoms with Crippen molar-refractivity contribution in [3.05, 3.63) is 0 Å². The van der Waals surface area contributed by atoms with Crippen LogP contribution in [0.25, 0.3) is 0 Å². The normalized spacial score (nSPS) is 18.2. The lowest BCUT2D eigenvalue weighted by molar-refractivity contribution is -0.127. The molecular weight excluding hydrogens is 158 g/mol. The summed E-state index contributed by atoms with van der Waals surface area (Å²) in [5, 5.41) is 0. The molecule has 0 aromatic heterocycles. The number of hydrogen-bond donors (Lipinski definition) is 0. The van der Waals surface area contributed by atoms with Crippen molar-refractivity contribution in [3.8, 4) is 0 Å². The van der Waals surface area contributed by atoms with Gasteiger partial charge in [0.05, 0.1) is 0 Å². The quantitative estimate of drug-likeness (QED) is 0.617. The molecule has 0 radical (unpaired) electrons. The highest BCUT2D eigenvalue weighted by Crippen LogP contribution is 2.40. The van der Waals surface area contributed by atoms with E-state index in [-0.39, 0.29) is 5.78 Å². The van der Waals surface area contributed by atoms with E-state index in [1.807, 2.05) is 0 Å². The van der Waals surface area contributed by atoms with Crippen LogP contribution in [0.3, 0.4) is 0 Å². The van der Waals surface area contributed by atoms with Crippen LogP contribution < -0.4 is 0 Å². The first-order valence-electron chi connectivity index (χ1n) is 3.89. The van der Waals surface area contributed by atoms with Gasteiger partial charge < -0.3 is 9.64 Å². The minimum Gasteiger partial charge on any atom is -0.435 e. The van der Waals surface area contributed by atoms with E-state index in [2.05, 4.69) is 0 Å². The number of nitrogens with zero attached hydrogens (tertiary/aromatic N) is 1. The summed E-state index contributed by atoms with van der Waals surface area (Å²) in [5.41, 5.74) is -0.776. The summed E-state index contributed by atoms with van der Waals surface area (Å²) < 4.78 is 5.01. The maximum atomic E-state index is 11.1. The Morgan fingerprint density at radius 1 is 1.33 bits per heavy atom. The van der Waals surface area contributed by atoms with E-state index in [0.717, 1.165) is 0 Å². The zero-order chi connectivity index (χ0) is 9.35. The van der Waals surface area contributed by atoms with Crippen LogP contribution >= 0.6 is 0 Å². The number of carbonyl (C=O) groups excluding carboxylic acids is 2. The molecule has 0 unspecified atom stereocenters. The number of hydrogen-bond acceptors (Lipinski definition) is 3. The highest BCUT2D eigenvalue weighted by atomic mass is 16.6. The Hall–Kier alpha value is -1.06. The number of ketones is 1. The van der Waals surface area contributed by atoms with Crippen LogP contribution in [-0.2, 0) is 9.53 Å². The van der Waals surface area contributed by atoms with Gasteiger partial charge in [0.15, 0.2) is 11.4 Å². The second-order valence-corrected chi connectivity index (χ2v) is 3.31. The van der Waals surface area contributed by atoms with Gasteiger partial charge in [0.25, 0.3) is 0 Å². The Morgan fingerprint density at radius 2 is 1.83 bits per heavy atom. The molecule has 0 aromatic carbocycles. The maximum absolute atomic E-state index is 11.1. The van der Waals surface area contributed by atoms with Crippen LogP contribution in [-0.4, -0.2) is 36.5 Å². The van der Waals surface area contributed by atoms with Gasteiger partial charge in [-0.05, 0) is 19.8 Å². The molecule has 4 nitrogen and oxygen atoms in total. The van der Waals surface area contributed by atoms with E-state index in [1.54, 1.807) is 14.1 Å². The third-order valence-electron chi connectivity index (χ3n) is 1.99. The van der Waals surface area contributed by atoms with E-state index >= 15 is 0 Å². The summed E-state index contributed by atoms with van der Waals surface area (Å²) >= 11 is 0. The fourth-order valence-electron chi connectivity index (χ4n) is 0.898. The van der Waals surface area contributed by atoms with E-state index in [4.69, 9.17) is 4.74 Å². The first-order chi connectivity index (χ1) is 5.48. The molecule has 68 valence electrons. The second-order valence-electron chi connectivity index (χ2n) is 3.31. The molecule has 1 aliphatic carbocycles. The average molecular weight is 171 g/mol. The Labute approximate surface area is 71.5 Å². The predicted molar refractivity (Wildman–Crippen MR) is 42.8 cm³/mol. The maximum Gasteiger partial charge on any atom is 0.410 e. The lowest BCUT2D eigenvalue weighted by atomic mass is 10.2. The molecule has 1 aliphatic rings. The van der Waals surface area contributed by atoms with Gasteiger partial charge in [-0.25, -0.2) is 4.79 Å². The van der Waals surface area contributed by atoms with Gasteiger partial charge in [-0.2, -0.15) is 0 Å². The molecule has 0 aliphatic heterocycles. The van der Waals surface area contributed by atoms with Crippen LogP contribution in [0.15, 0.2) is 0 Å². The molecule has 0 heterocycles. The van der Waals surface area contributed by atoms with Crippen LogP contribution in [0.1, 0.15) is 19.8 Å². The highest BCUT2D eigenvalue weighted by molar-refractivity contribution is 5.90. The first kappa shape index (κ1) is 9.03. The van der Waals surface area contributed by atoms with Gasteiger partial charge in [-0.3, -0.25) is 4.79 Å². The summed E-state index contributed by atoms with van der Waals surface area (Å²) in [7, 11) is 3.19. The topological polar surface area (TPSA) is 46.6 Å². The number of ether oxygens (including phenoxy) is 1. The number of carbonyl (C=O) groups is 2. The minimum absolute atomic E-state index is 0.0577. The summed E-state index contributed by atoms with van der Waals surface area (Å²) in [6.45, 7) is 1.45. The fourth-order valence-corrected chi connectivity index (χ4v) is 0.898. The van der Waals surface area contributed by atoms with E-state index in [0.29, 0.717) is 12.8 Å². The van der Waals surface area contributed by atoms with Crippen LogP contribution in [0.5, 0.6) is 0 Å². The first-order valence-corrected chi connectivity index (χ1v) is 3.89. The SMILES string of the molecule is CC(=O)C1(OC(=O)N(C)C)CC1. The second kappa shape index (κ2) is 2.77. The summed E-state index contributed by atoms with van der Waals surface area (Å²) in [4.78, 5) is 23.4. The monoisotopic (exact) mass is 171 g/mol. The molecule has 4 heteroatoms. The standard InChI is InChI=1S/C8H13NO3/c1-6(10)8(4-5-8)12-7(11)9(2)3/h4-5H2,1-3H3. The lowest BCUT2D eigenvalue weighted by Gasteiger charge is -2.16. The van der Waals surface area contributed by atoms with Crippen molar-refractivity contribution in [1.29, 1.82) is 0 Å². The van der Waals surface area contributed by atoms with Gasteiger partial charge in [0, 0.05) is 14.1 Å². The van der Waals surface area contributed by atoms with Crippen molar-refractivity contribution < 1.29 is 14.3 Å². The van der Waals surface area contributed by atoms with Crippen LogP contribution in [0.2, 0.25) is 0 Å². The minimum atomic E-state index is -0.776. The molecular formula is C8H13NO3. The van der Waals surface area contributed by atoms with Crippen LogP contribution in [0.4, 0.5) is 4.79 Å². The zero-order valence-corrected chi connectivity index (χ0v) is 7.59. The summed E-state index contributed by atoms with van der Waals surface area (Å²) in [6.07, 6.45) is 0.895. The van der Waals surface area contributed by atoms with Crippen molar-refractivity contribution in [1.82, 2.24) is 4.90 Å². The van der Waals surface area contributed by atoms with Gasteiger partial charge in [-0.15, -0.1) is 0 Å². The molecule has 1 fully saturated rings. The Bertz CT molecular complexity index is 218. The van der Waals surface area contributed by atoms with Gasteiger partial charge in [0.1, 0.15) is 0 Å².